The first-order valence-electron chi connectivity index (χ1n) is 3.29. The maximum atomic E-state index is 3.91. The van der Waals surface area contributed by atoms with Gasteiger partial charge in [-0.3, -0.25) is 0 Å². The zero-order chi connectivity index (χ0) is 6.57. The first-order valence-corrected chi connectivity index (χ1v) is 3.29. The second-order valence-corrected chi connectivity index (χ2v) is 2.65. The van der Waals surface area contributed by atoms with Crippen LogP contribution in [0.4, 0.5) is 0 Å². The van der Waals surface area contributed by atoms with Crippen LogP contribution in [0.1, 0.15) is 27.2 Å². The molecular formula is C8H16. The molecule has 0 aromatic heterocycles. The summed E-state index contributed by atoms with van der Waals surface area (Å²) in [7, 11) is 0. The molecule has 0 amide bonds. The highest BCUT2D eigenvalue weighted by atomic mass is 14.1. The van der Waals surface area contributed by atoms with Crippen LogP contribution < -0.4 is 0 Å². The van der Waals surface area contributed by atoms with E-state index in [1.165, 1.54) is 6.42 Å². The number of hydrogen-bond acceptors (Lipinski definition) is 0. The quantitative estimate of drug-likeness (QED) is 0.526. The summed E-state index contributed by atoms with van der Waals surface area (Å²) in [5, 5.41) is 0. The van der Waals surface area contributed by atoms with E-state index in [0.717, 1.165) is 5.92 Å². The first-order chi connectivity index (χ1) is 3.66. The van der Waals surface area contributed by atoms with Gasteiger partial charge in [0.1, 0.15) is 0 Å². The Morgan fingerprint density at radius 1 is 1.50 bits per heavy atom. The fraction of sp³-hybridized carbons (Fsp3) is 0.750. The van der Waals surface area contributed by atoms with Crippen molar-refractivity contribution in [1.82, 2.24) is 0 Å². The Morgan fingerprint density at radius 3 is 2.12 bits per heavy atom. The minimum Gasteiger partial charge on any atom is -0.0625 e. The molecule has 2 radical (unpaired) electrons. The molecule has 0 aromatic rings. The summed E-state index contributed by atoms with van der Waals surface area (Å²) in [4.78, 5) is 0. The Hall–Kier alpha value is 0. The van der Waals surface area contributed by atoms with Crippen LogP contribution in [0.15, 0.2) is 0 Å². The topological polar surface area (TPSA) is 0 Å². The van der Waals surface area contributed by atoms with Gasteiger partial charge in [0.05, 0.1) is 0 Å². The summed E-state index contributed by atoms with van der Waals surface area (Å²) in [5.74, 6) is 1.34. The van der Waals surface area contributed by atoms with Crippen LogP contribution in [0.5, 0.6) is 0 Å². The van der Waals surface area contributed by atoms with Crippen LogP contribution in [-0.4, -0.2) is 0 Å². The van der Waals surface area contributed by atoms with E-state index < -0.39 is 0 Å². The van der Waals surface area contributed by atoms with Crippen molar-refractivity contribution in [3.05, 3.63) is 13.3 Å². The summed E-state index contributed by atoms with van der Waals surface area (Å²) < 4.78 is 0. The van der Waals surface area contributed by atoms with Gasteiger partial charge in [-0.05, 0) is 24.7 Å². The van der Waals surface area contributed by atoms with Crippen LogP contribution in [-0.2, 0) is 0 Å². The molecule has 0 saturated heterocycles. The monoisotopic (exact) mass is 112 g/mol. The highest BCUT2D eigenvalue weighted by Gasteiger charge is 2.00. The molecule has 0 aliphatic heterocycles. The molecule has 0 aliphatic carbocycles. The summed E-state index contributed by atoms with van der Waals surface area (Å²) in [6.45, 7) is 10.4. The van der Waals surface area contributed by atoms with Crippen molar-refractivity contribution in [2.24, 2.45) is 11.8 Å². The fourth-order valence-corrected chi connectivity index (χ4v) is 0.771. The molecule has 0 nitrogen and oxygen atoms in total. The molecule has 0 spiro atoms. The molecule has 48 valence electrons. The Labute approximate surface area is 53.3 Å². The molecule has 0 heteroatoms. The lowest BCUT2D eigenvalue weighted by atomic mass is 9.97. The minimum absolute atomic E-state index is 0.598. The molecule has 0 bridgehead atoms. The zero-order valence-electron chi connectivity index (χ0n) is 6.15. The molecule has 2 atom stereocenters. The molecule has 0 rings (SSSR count). The average Bonchev–Trinajstić information content (AvgIpc) is 1.65. The Kier molecular flexibility index (Phi) is 3.94. The Morgan fingerprint density at radius 2 is 2.00 bits per heavy atom. The van der Waals surface area contributed by atoms with Crippen molar-refractivity contribution in [1.29, 1.82) is 0 Å². The van der Waals surface area contributed by atoms with E-state index in [0.29, 0.717) is 5.92 Å². The predicted octanol–water partition coefficient (Wildman–Crippen LogP) is 2.71. The van der Waals surface area contributed by atoms with Gasteiger partial charge in [0.15, 0.2) is 0 Å². The highest BCUT2D eigenvalue weighted by molar-refractivity contribution is 4.69. The van der Waals surface area contributed by atoms with Crippen LogP contribution in [0.3, 0.4) is 0 Å². The standard InChI is InChI=1S/C8H16/c1-5-8(4)6-7(2)3/h5,7-8H,2,6H2,1,3-4H3. The van der Waals surface area contributed by atoms with Crippen LogP contribution >= 0.6 is 0 Å². The lowest BCUT2D eigenvalue weighted by Gasteiger charge is -2.09. The second kappa shape index (κ2) is 3.94. The van der Waals surface area contributed by atoms with Crippen LogP contribution in [0.2, 0.25) is 0 Å². The second-order valence-electron chi connectivity index (χ2n) is 2.65. The maximum absolute atomic E-state index is 3.91. The van der Waals surface area contributed by atoms with E-state index in [1.54, 1.807) is 0 Å². The van der Waals surface area contributed by atoms with Gasteiger partial charge in [-0.25, -0.2) is 0 Å². The zero-order valence-corrected chi connectivity index (χ0v) is 6.15. The molecule has 0 N–H and O–H groups in total. The first kappa shape index (κ1) is 8.00. The third-order valence-corrected chi connectivity index (χ3v) is 1.34. The van der Waals surface area contributed by atoms with Gasteiger partial charge < -0.3 is 0 Å². The normalized spacial score (nSPS) is 14.6. The molecule has 8 heavy (non-hydrogen) atoms. The molecule has 2 unspecified atom stereocenters. The van der Waals surface area contributed by atoms with Gasteiger partial charge in [-0.1, -0.05) is 27.7 Å². The average molecular weight is 112 g/mol. The van der Waals surface area contributed by atoms with Crippen molar-refractivity contribution in [3.8, 4) is 0 Å². The fourth-order valence-electron chi connectivity index (χ4n) is 0.771. The molecule has 0 fully saturated rings. The molecule has 0 heterocycles. The van der Waals surface area contributed by atoms with Gasteiger partial charge in [0, 0.05) is 0 Å². The van der Waals surface area contributed by atoms with E-state index in [-0.39, 0.29) is 0 Å². The van der Waals surface area contributed by atoms with Crippen molar-refractivity contribution in [3.63, 3.8) is 0 Å². The van der Waals surface area contributed by atoms with E-state index in [4.69, 9.17) is 0 Å². The van der Waals surface area contributed by atoms with E-state index in [2.05, 4.69) is 34.1 Å². The Bertz CT molecular complexity index is 46.0. The van der Waals surface area contributed by atoms with Crippen molar-refractivity contribution in [2.75, 3.05) is 0 Å². The smallest absolute Gasteiger partial charge is 0.0389 e. The number of hydrogen-bond donors (Lipinski definition) is 0. The van der Waals surface area contributed by atoms with Crippen molar-refractivity contribution >= 4 is 0 Å². The molecule has 0 saturated carbocycles. The molecule has 0 aromatic carbocycles. The highest BCUT2D eigenvalue weighted by Crippen LogP contribution is 2.11. The predicted molar refractivity (Wildman–Crippen MR) is 38.3 cm³/mol. The van der Waals surface area contributed by atoms with Gasteiger partial charge in [-0.15, -0.1) is 0 Å². The van der Waals surface area contributed by atoms with Gasteiger partial charge in [0.2, 0.25) is 0 Å². The third kappa shape index (κ3) is 4.17. The minimum atomic E-state index is 0.598. The summed E-state index contributed by atoms with van der Waals surface area (Å²) >= 11 is 0. The van der Waals surface area contributed by atoms with E-state index in [9.17, 15) is 0 Å². The SMILES string of the molecule is [CH2]C(C)CC(C)[CH]C. The molecular weight excluding hydrogens is 96.1 g/mol. The lowest BCUT2D eigenvalue weighted by Crippen LogP contribution is -1.98. The summed E-state index contributed by atoms with van der Waals surface area (Å²) in [6.07, 6.45) is 3.44. The van der Waals surface area contributed by atoms with Gasteiger partial charge in [0.25, 0.3) is 0 Å². The summed E-state index contributed by atoms with van der Waals surface area (Å²) in [6, 6.07) is 0. The largest absolute Gasteiger partial charge is 0.0625 e. The summed E-state index contributed by atoms with van der Waals surface area (Å²) in [5.41, 5.74) is 0. The number of rotatable bonds is 3. The van der Waals surface area contributed by atoms with Crippen molar-refractivity contribution < 1.29 is 0 Å². The van der Waals surface area contributed by atoms with Crippen LogP contribution in [0, 0.1) is 25.2 Å². The maximum Gasteiger partial charge on any atom is -0.0389 e. The van der Waals surface area contributed by atoms with E-state index in [1.807, 2.05) is 0 Å². The van der Waals surface area contributed by atoms with E-state index >= 15 is 0 Å². The lowest BCUT2D eigenvalue weighted by molar-refractivity contribution is 0.516. The Balaban J connectivity index is 3.10. The molecule has 0 aliphatic rings. The van der Waals surface area contributed by atoms with Crippen molar-refractivity contribution in [2.45, 2.75) is 27.2 Å². The van der Waals surface area contributed by atoms with Gasteiger partial charge >= 0.3 is 0 Å². The van der Waals surface area contributed by atoms with Crippen LogP contribution in [0.25, 0.3) is 0 Å². The van der Waals surface area contributed by atoms with Gasteiger partial charge in [-0.2, -0.15) is 0 Å². The third-order valence-electron chi connectivity index (χ3n) is 1.34.